The van der Waals surface area contributed by atoms with Crippen LogP contribution in [-0.4, -0.2) is 37.0 Å². The normalized spacial score (nSPS) is 12.9. The van der Waals surface area contributed by atoms with Gasteiger partial charge in [-0.15, -0.1) is 0 Å². The molecule has 0 bridgehead atoms. The van der Waals surface area contributed by atoms with Crippen LogP contribution >= 0.6 is 11.6 Å². The second-order valence-corrected chi connectivity index (χ2v) is 7.12. The van der Waals surface area contributed by atoms with Crippen molar-refractivity contribution < 1.29 is 28.6 Å². The molecule has 8 nitrogen and oxygen atoms in total. The van der Waals surface area contributed by atoms with E-state index < -0.39 is 18.0 Å². The van der Waals surface area contributed by atoms with Crippen molar-refractivity contribution in [3.8, 4) is 17.6 Å². The van der Waals surface area contributed by atoms with E-state index in [1.807, 2.05) is 6.07 Å². The maximum absolute atomic E-state index is 12.4. The van der Waals surface area contributed by atoms with Crippen LogP contribution < -0.4 is 14.8 Å². The highest BCUT2D eigenvalue weighted by atomic mass is 35.5. The number of amides is 1. The average Bonchev–Trinajstić information content (AvgIpc) is 2.77. The molecule has 0 aliphatic carbocycles. The van der Waals surface area contributed by atoms with E-state index in [9.17, 15) is 14.4 Å². The molecule has 0 aromatic heterocycles. The maximum Gasteiger partial charge on any atom is 0.307 e. The highest BCUT2D eigenvalue weighted by Crippen LogP contribution is 2.31. The number of halogens is 1. The summed E-state index contributed by atoms with van der Waals surface area (Å²) in [6.45, 7) is 2.28. The van der Waals surface area contributed by atoms with Gasteiger partial charge in [0.2, 0.25) is 0 Å². The molecular weight excluding hydrogens is 424 g/mol. The number of ether oxygens (including phenoxy) is 3. The van der Waals surface area contributed by atoms with Crippen molar-refractivity contribution >= 4 is 34.9 Å². The topological polar surface area (TPSA) is 115 Å². The molecule has 1 heterocycles. The molecule has 1 aliphatic heterocycles. The molecule has 9 heteroatoms. The predicted molar refractivity (Wildman–Crippen MR) is 111 cm³/mol. The van der Waals surface area contributed by atoms with E-state index in [4.69, 9.17) is 31.1 Å². The molecule has 0 saturated heterocycles. The molecule has 160 valence electrons. The number of hydrogen-bond donors (Lipinski definition) is 1. The Labute approximate surface area is 183 Å². The lowest BCUT2D eigenvalue weighted by Crippen LogP contribution is -2.30. The van der Waals surface area contributed by atoms with Crippen LogP contribution in [0.25, 0.3) is 0 Å². The summed E-state index contributed by atoms with van der Waals surface area (Å²) in [6.07, 6.45) is -1.32. The largest absolute Gasteiger partial charge is 0.486 e. The Hall–Kier alpha value is -3.57. The average molecular weight is 443 g/mol. The number of anilines is 1. The number of benzene rings is 2. The fourth-order valence-electron chi connectivity index (χ4n) is 2.81. The molecule has 3 rings (SSSR count). The smallest absolute Gasteiger partial charge is 0.307 e. The second kappa shape index (κ2) is 9.96. The molecule has 0 fully saturated rings. The number of carbonyl (C=O) groups excluding carboxylic acids is 3. The fourth-order valence-corrected chi connectivity index (χ4v) is 3.04. The molecule has 2 aromatic rings. The summed E-state index contributed by atoms with van der Waals surface area (Å²) in [5, 5.41) is 11.6. The molecule has 0 spiro atoms. The SMILES string of the molecule is CC(OC(=O)CCC(=O)c1ccc2c(c1)OCCO2)C(=O)Nc1ccc(C#N)c(Cl)c1. The summed E-state index contributed by atoms with van der Waals surface area (Å²) in [6, 6.07) is 11.2. The van der Waals surface area contributed by atoms with Gasteiger partial charge < -0.3 is 19.5 Å². The zero-order valence-corrected chi connectivity index (χ0v) is 17.4. The van der Waals surface area contributed by atoms with Crippen LogP contribution in [0.3, 0.4) is 0 Å². The van der Waals surface area contributed by atoms with Crippen molar-refractivity contribution in [3.05, 3.63) is 52.5 Å². The number of ketones is 1. The van der Waals surface area contributed by atoms with E-state index >= 15 is 0 Å². The quantitative estimate of drug-likeness (QED) is 0.515. The summed E-state index contributed by atoms with van der Waals surface area (Å²) in [7, 11) is 0. The Morgan fingerprint density at radius 3 is 2.58 bits per heavy atom. The van der Waals surface area contributed by atoms with Gasteiger partial charge in [-0.05, 0) is 43.3 Å². The Bertz CT molecular complexity index is 1060. The van der Waals surface area contributed by atoms with Crippen molar-refractivity contribution in [2.75, 3.05) is 18.5 Å². The van der Waals surface area contributed by atoms with Crippen molar-refractivity contribution in [1.82, 2.24) is 0 Å². The minimum absolute atomic E-state index is 0.0714. The van der Waals surface area contributed by atoms with Gasteiger partial charge in [-0.25, -0.2) is 0 Å². The first kappa shape index (κ1) is 22.1. The number of esters is 1. The van der Waals surface area contributed by atoms with Gasteiger partial charge in [0.15, 0.2) is 23.4 Å². The molecule has 1 aliphatic rings. The van der Waals surface area contributed by atoms with Gasteiger partial charge in [0.25, 0.3) is 5.91 Å². The van der Waals surface area contributed by atoms with E-state index in [2.05, 4.69) is 5.32 Å². The van der Waals surface area contributed by atoms with Crippen LogP contribution in [0, 0.1) is 11.3 Å². The third-order valence-corrected chi connectivity index (χ3v) is 4.77. The molecule has 1 amide bonds. The molecule has 0 saturated carbocycles. The zero-order chi connectivity index (χ0) is 22.4. The van der Waals surface area contributed by atoms with Crippen LogP contribution in [-0.2, 0) is 14.3 Å². The van der Waals surface area contributed by atoms with E-state index in [0.29, 0.717) is 36.0 Å². The van der Waals surface area contributed by atoms with E-state index in [1.165, 1.54) is 25.1 Å². The summed E-state index contributed by atoms with van der Waals surface area (Å²) in [5.74, 6) is -0.421. The van der Waals surface area contributed by atoms with Gasteiger partial charge in [-0.2, -0.15) is 5.26 Å². The summed E-state index contributed by atoms with van der Waals surface area (Å²) in [5.41, 5.74) is 1.05. The van der Waals surface area contributed by atoms with Crippen molar-refractivity contribution in [1.29, 1.82) is 5.26 Å². The lowest BCUT2D eigenvalue weighted by atomic mass is 10.1. The molecular formula is C22H19ClN2O6. The first-order chi connectivity index (χ1) is 14.9. The number of hydrogen-bond acceptors (Lipinski definition) is 7. The Morgan fingerprint density at radius 1 is 1.13 bits per heavy atom. The lowest BCUT2D eigenvalue weighted by Gasteiger charge is -2.18. The number of Topliss-reactive ketones (excluding diaryl/α,β-unsaturated/α-hetero) is 1. The maximum atomic E-state index is 12.4. The van der Waals surface area contributed by atoms with Gasteiger partial charge in [-0.1, -0.05) is 11.6 Å². The number of rotatable bonds is 7. The molecule has 0 radical (unpaired) electrons. The minimum atomic E-state index is -1.08. The number of carbonyl (C=O) groups is 3. The van der Waals surface area contributed by atoms with Gasteiger partial charge >= 0.3 is 5.97 Å². The van der Waals surface area contributed by atoms with Gasteiger partial charge in [-0.3, -0.25) is 14.4 Å². The first-order valence-corrected chi connectivity index (χ1v) is 9.88. The fraction of sp³-hybridized carbons (Fsp3) is 0.273. The number of fused-ring (bicyclic) bond motifs is 1. The summed E-state index contributed by atoms with van der Waals surface area (Å²) < 4.78 is 16.0. The first-order valence-electron chi connectivity index (χ1n) is 9.50. The van der Waals surface area contributed by atoms with Gasteiger partial charge in [0.1, 0.15) is 19.3 Å². The van der Waals surface area contributed by atoms with Crippen LogP contribution in [0.1, 0.15) is 35.7 Å². The molecule has 31 heavy (non-hydrogen) atoms. The van der Waals surface area contributed by atoms with Crippen LogP contribution in [0.2, 0.25) is 5.02 Å². The third kappa shape index (κ3) is 5.74. The third-order valence-electron chi connectivity index (χ3n) is 4.45. The van der Waals surface area contributed by atoms with E-state index in [-0.39, 0.29) is 29.2 Å². The Kier molecular flexibility index (Phi) is 7.11. The van der Waals surface area contributed by atoms with Crippen LogP contribution in [0.4, 0.5) is 5.69 Å². The van der Waals surface area contributed by atoms with E-state index in [1.54, 1.807) is 18.2 Å². The number of nitrogens with one attached hydrogen (secondary N) is 1. The predicted octanol–water partition coefficient (Wildman–Crippen LogP) is 3.52. The number of nitriles is 1. The Balaban J connectivity index is 1.48. The highest BCUT2D eigenvalue weighted by Gasteiger charge is 2.20. The monoisotopic (exact) mass is 442 g/mol. The van der Waals surface area contributed by atoms with Crippen molar-refractivity contribution in [3.63, 3.8) is 0 Å². The molecule has 2 aromatic carbocycles. The second-order valence-electron chi connectivity index (χ2n) is 6.71. The standard InChI is InChI=1S/C22H19ClN2O6/c1-13(22(28)25-16-4-2-15(12-24)17(23)11-16)31-21(27)7-5-18(26)14-3-6-19-20(10-14)30-9-8-29-19/h2-4,6,10-11,13H,5,7-9H2,1H3,(H,25,28). The summed E-state index contributed by atoms with van der Waals surface area (Å²) >= 11 is 5.93. The summed E-state index contributed by atoms with van der Waals surface area (Å²) in [4.78, 5) is 36.6. The van der Waals surface area contributed by atoms with Gasteiger partial charge in [0.05, 0.1) is 17.0 Å². The minimum Gasteiger partial charge on any atom is -0.486 e. The molecule has 1 unspecified atom stereocenters. The Morgan fingerprint density at radius 2 is 1.87 bits per heavy atom. The molecule has 1 N–H and O–H groups in total. The van der Waals surface area contributed by atoms with Gasteiger partial charge in [0, 0.05) is 17.7 Å². The zero-order valence-electron chi connectivity index (χ0n) is 16.6. The highest BCUT2D eigenvalue weighted by molar-refractivity contribution is 6.32. The van der Waals surface area contributed by atoms with Crippen LogP contribution in [0.5, 0.6) is 11.5 Å². The lowest BCUT2D eigenvalue weighted by molar-refractivity contribution is -0.153. The van der Waals surface area contributed by atoms with Crippen molar-refractivity contribution in [2.45, 2.75) is 25.9 Å². The van der Waals surface area contributed by atoms with Crippen LogP contribution in [0.15, 0.2) is 36.4 Å². The van der Waals surface area contributed by atoms with E-state index in [0.717, 1.165) is 0 Å². The number of nitrogens with zero attached hydrogens (tertiary/aromatic N) is 1. The molecule has 1 atom stereocenters. The van der Waals surface area contributed by atoms with Crippen molar-refractivity contribution in [2.24, 2.45) is 0 Å².